The van der Waals surface area contributed by atoms with Crippen molar-refractivity contribution in [3.05, 3.63) is 0 Å². The molecule has 1 N–H and O–H groups in total. The highest BCUT2D eigenvalue weighted by Gasteiger charge is 2.38. The van der Waals surface area contributed by atoms with Crippen molar-refractivity contribution < 1.29 is 0 Å². The van der Waals surface area contributed by atoms with E-state index in [1.165, 1.54) is 38.6 Å². The fraction of sp³-hybridized carbons (Fsp3) is 1.00. The first-order chi connectivity index (χ1) is 6.29. The first kappa shape index (κ1) is 9.51. The van der Waals surface area contributed by atoms with Crippen LogP contribution in [0.1, 0.15) is 46.0 Å². The van der Waals surface area contributed by atoms with Gasteiger partial charge in [-0.05, 0) is 43.6 Å². The minimum Gasteiger partial charge on any atom is -0.313 e. The fourth-order valence-corrected chi connectivity index (χ4v) is 2.99. The Morgan fingerprint density at radius 1 is 1.31 bits per heavy atom. The molecule has 2 aliphatic carbocycles. The van der Waals surface area contributed by atoms with E-state index < -0.39 is 0 Å². The van der Waals surface area contributed by atoms with Crippen LogP contribution in [0, 0.1) is 17.8 Å². The molecule has 0 aromatic rings. The highest BCUT2D eigenvalue weighted by atomic mass is 14.9. The molecule has 0 heterocycles. The van der Waals surface area contributed by atoms with Crippen LogP contribution in [0.25, 0.3) is 0 Å². The second kappa shape index (κ2) is 4.00. The maximum Gasteiger partial charge on any atom is 0.00981 e. The van der Waals surface area contributed by atoms with E-state index in [0.717, 1.165) is 23.8 Å². The molecule has 1 nitrogen and oxygen atoms in total. The minimum absolute atomic E-state index is 0.860. The van der Waals surface area contributed by atoms with Gasteiger partial charge in [-0.25, -0.2) is 0 Å². The van der Waals surface area contributed by atoms with Gasteiger partial charge in [-0.3, -0.25) is 0 Å². The van der Waals surface area contributed by atoms with Crippen LogP contribution in [0.3, 0.4) is 0 Å². The molecule has 2 fully saturated rings. The van der Waals surface area contributed by atoms with Crippen molar-refractivity contribution in [2.45, 2.75) is 52.0 Å². The molecule has 0 spiro atoms. The summed E-state index contributed by atoms with van der Waals surface area (Å²) in [5.41, 5.74) is 0. The van der Waals surface area contributed by atoms with E-state index in [4.69, 9.17) is 0 Å². The Balaban J connectivity index is 1.71. The molecule has 4 atom stereocenters. The van der Waals surface area contributed by atoms with Crippen LogP contribution in [-0.4, -0.2) is 12.6 Å². The maximum atomic E-state index is 3.76. The molecule has 2 rings (SSSR count). The molecular formula is C12H23N. The fourth-order valence-electron chi connectivity index (χ4n) is 2.99. The Morgan fingerprint density at radius 3 is 2.69 bits per heavy atom. The summed E-state index contributed by atoms with van der Waals surface area (Å²) in [5, 5.41) is 3.76. The predicted molar refractivity (Wildman–Crippen MR) is 56.7 cm³/mol. The van der Waals surface area contributed by atoms with E-state index in [1.807, 2.05) is 0 Å². The standard InChI is InChI=1S/C12H23N/c1-3-9(2)8-13-12-7-10-4-5-11(12)6-10/h9-13H,3-8H2,1-2H3. The maximum absolute atomic E-state index is 3.76. The summed E-state index contributed by atoms with van der Waals surface area (Å²) in [5.74, 6) is 2.98. The van der Waals surface area contributed by atoms with Gasteiger partial charge in [0.25, 0.3) is 0 Å². The third kappa shape index (κ3) is 2.07. The van der Waals surface area contributed by atoms with E-state index in [0.29, 0.717) is 0 Å². The van der Waals surface area contributed by atoms with Gasteiger partial charge in [0.15, 0.2) is 0 Å². The van der Waals surface area contributed by atoms with Crippen LogP contribution in [0.2, 0.25) is 0 Å². The van der Waals surface area contributed by atoms with Gasteiger partial charge in [-0.2, -0.15) is 0 Å². The zero-order valence-electron chi connectivity index (χ0n) is 9.05. The van der Waals surface area contributed by atoms with Gasteiger partial charge in [0.05, 0.1) is 0 Å². The van der Waals surface area contributed by atoms with Crippen molar-refractivity contribution in [2.24, 2.45) is 17.8 Å². The third-order valence-corrected chi connectivity index (χ3v) is 4.16. The zero-order valence-corrected chi connectivity index (χ0v) is 9.05. The molecule has 0 aromatic carbocycles. The normalized spacial score (nSPS) is 39.7. The monoisotopic (exact) mass is 181 g/mol. The number of fused-ring (bicyclic) bond motifs is 2. The number of nitrogens with one attached hydrogen (secondary N) is 1. The quantitative estimate of drug-likeness (QED) is 0.703. The van der Waals surface area contributed by atoms with Crippen molar-refractivity contribution >= 4 is 0 Å². The molecule has 0 aliphatic heterocycles. The first-order valence-corrected chi connectivity index (χ1v) is 6.03. The van der Waals surface area contributed by atoms with Crippen molar-refractivity contribution in [1.82, 2.24) is 5.32 Å². The lowest BCUT2D eigenvalue weighted by atomic mass is 9.95. The Kier molecular flexibility index (Phi) is 2.92. The zero-order chi connectivity index (χ0) is 9.26. The summed E-state index contributed by atoms with van der Waals surface area (Å²) in [7, 11) is 0. The summed E-state index contributed by atoms with van der Waals surface area (Å²) in [4.78, 5) is 0. The number of hydrogen-bond donors (Lipinski definition) is 1. The van der Waals surface area contributed by atoms with Crippen LogP contribution >= 0.6 is 0 Å². The van der Waals surface area contributed by atoms with Crippen molar-refractivity contribution in [1.29, 1.82) is 0 Å². The summed E-state index contributed by atoms with van der Waals surface area (Å²) in [6.45, 7) is 5.87. The van der Waals surface area contributed by atoms with Gasteiger partial charge in [0.2, 0.25) is 0 Å². The Hall–Kier alpha value is -0.0400. The van der Waals surface area contributed by atoms with Gasteiger partial charge in [0, 0.05) is 6.04 Å². The van der Waals surface area contributed by atoms with Crippen molar-refractivity contribution in [3.63, 3.8) is 0 Å². The van der Waals surface area contributed by atoms with E-state index in [9.17, 15) is 0 Å². The van der Waals surface area contributed by atoms with E-state index in [-0.39, 0.29) is 0 Å². The highest BCUT2D eigenvalue weighted by Crippen LogP contribution is 2.44. The van der Waals surface area contributed by atoms with Crippen LogP contribution < -0.4 is 5.32 Å². The van der Waals surface area contributed by atoms with E-state index in [1.54, 1.807) is 0 Å². The van der Waals surface area contributed by atoms with Crippen LogP contribution in [-0.2, 0) is 0 Å². The SMILES string of the molecule is CCC(C)CNC1CC2CCC1C2. The van der Waals surface area contributed by atoms with E-state index >= 15 is 0 Å². The van der Waals surface area contributed by atoms with Gasteiger partial charge in [-0.1, -0.05) is 26.7 Å². The molecule has 2 aliphatic rings. The smallest absolute Gasteiger partial charge is 0.00981 e. The second-order valence-corrected chi connectivity index (χ2v) is 5.20. The molecule has 0 saturated heterocycles. The molecule has 2 bridgehead atoms. The van der Waals surface area contributed by atoms with Gasteiger partial charge >= 0.3 is 0 Å². The molecule has 0 radical (unpaired) electrons. The van der Waals surface area contributed by atoms with Crippen LogP contribution in [0.15, 0.2) is 0 Å². The number of hydrogen-bond acceptors (Lipinski definition) is 1. The minimum atomic E-state index is 0.860. The van der Waals surface area contributed by atoms with Gasteiger partial charge in [0.1, 0.15) is 0 Å². The Morgan fingerprint density at radius 2 is 2.15 bits per heavy atom. The summed E-state index contributed by atoms with van der Waals surface area (Å²) >= 11 is 0. The molecule has 2 saturated carbocycles. The van der Waals surface area contributed by atoms with E-state index in [2.05, 4.69) is 19.2 Å². The van der Waals surface area contributed by atoms with Crippen molar-refractivity contribution in [2.75, 3.05) is 6.54 Å². The van der Waals surface area contributed by atoms with Gasteiger partial charge < -0.3 is 5.32 Å². The molecule has 4 unspecified atom stereocenters. The predicted octanol–water partition coefficient (Wildman–Crippen LogP) is 2.81. The summed E-state index contributed by atoms with van der Waals surface area (Å²) in [6.07, 6.45) is 7.34. The van der Waals surface area contributed by atoms with Gasteiger partial charge in [-0.15, -0.1) is 0 Å². The first-order valence-electron chi connectivity index (χ1n) is 6.03. The average molecular weight is 181 g/mol. The lowest BCUT2D eigenvalue weighted by Gasteiger charge is -2.24. The number of rotatable bonds is 4. The summed E-state index contributed by atoms with van der Waals surface area (Å²) < 4.78 is 0. The van der Waals surface area contributed by atoms with Crippen LogP contribution in [0.4, 0.5) is 0 Å². The molecular weight excluding hydrogens is 158 g/mol. The Labute approximate surface area is 82.3 Å². The van der Waals surface area contributed by atoms with Crippen LogP contribution in [0.5, 0.6) is 0 Å². The average Bonchev–Trinajstić information content (AvgIpc) is 2.74. The highest BCUT2D eigenvalue weighted by molar-refractivity contribution is 4.94. The molecule has 76 valence electrons. The third-order valence-electron chi connectivity index (χ3n) is 4.16. The summed E-state index contributed by atoms with van der Waals surface area (Å²) in [6, 6.07) is 0.882. The molecule has 13 heavy (non-hydrogen) atoms. The molecule has 0 aromatic heterocycles. The van der Waals surface area contributed by atoms with Crippen molar-refractivity contribution in [3.8, 4) is 0 Å². The Bertz CT molecular complexity index is 167. The lowest BCUT2D eigenvalue weighted by Crippen LogP contribution is -2.36. The lowest BCUT2D eigenvalue weighted by molar-refractivity contribution is 0.331. The second-order valence-electron chi connectivity index (χ2n) is 5.20. The molecule has 1 heteroatoms. The largest absolute Gasteiger partial charge is 0.313 e. The molecule has 0 amide bonds. The topological polar surface area (TPSA) is 12.0 Å².